The number of hydrogen-bond acceptors (Lipinski definition) is 5. The van der Waals surface area contributed by atoms with Gasteiger partial charge in [0.1, 0.15) is 22.2 Å². The molecule has 1 amide bonds. The van der Waals surface area contributed by atoms with E-state index in [1.165, 1.54) is 4.31 Å². The second-order valence-electron chi connectivity index (χ2n) is 7.66. The predicted molar refractivity (Wildman–Crippen MR) is 98.0 cm³/mol. The number of nitrogens with zero attached hydrogens (tertiary/aromatic N) is 4. The van der Waals surface area contributed by atoms with Crippen LogP contribution in [0.15, 0.2) is 24.4 Å². The molecule has 144 valence electrons. The first kappa shape index (κ1) is 17.2. The second kappa shape index (κ2) is 5.52. The van der Waals surface area contributed by atoms with Gasteiger partial charge in [0, 0.05) is 25.8 Å². The molecule has 3 atom stereocenters. The molecule has 0 saturated carbocycles. The zero-order valence-corrected chi connectivity index (χ0v) is 16.1. The van der Waals surface area contributed by atoms with E-state index in [0.29, 0.717) is 31.7 Å². The number of carbonyl (C=O) groups is 1. The number of pyridine rings is 1. The Kier molecular flexibility index (Phi) is 3.51. The summed E-state index contributed by atoms with van der Waals surface area (Å²) in [5, 5.41) is -0.560. The molecular formula is C18H22N4O4S. The minimum absolute atomic E-state index is 0.156. The van der Waals surface area contributed by atoms with Crippen molar-refractivity contribution in [3.05, 3.63) is 35.8 Å². The second-order valence-corrected chi connectivity index (χ2v) is 9.78. The molecule has 1 spiro atoms. The molecule has 5 heterocycles. The van der Waals surface area contributed by atoms with Gasteiger partial charge in [0.15, 0.2) is 0 Å². The topological polar surface area (TPSA) is 84.2 Å². The summed E-state index contributed by atoms with van der Waals surface area (Å²) in [7, 11) is -3.37. The molecule has 2 aromatic heterocycles. The minimum atomic E-state index is -3.37. The van der Waals surface area contributed by atoms with Gasteiger partial charge in [-0.2, -0.15) is 4.31 Å². The molecule has 5 rings (SSSR count). The summed E-state index contributed by atoms with van der Waals surface area (Å²) in [4.78, 5) is 19.5. The molecule has 0 aliphatic carbocycles. The Morgan fingerprint density at radius 3 is 2.93 bits per heavy atom. The van der Waals surface area contributed by atoms with Gasteiger partial charge in [-0.15, -0.1) is 0 Å². The van der Waals surface area contributed by atoms with Gasteiger partial charge in [-0.1, -0.05) is 13.0 Å². The summed E-state index contributed by atoms with van der Waals surface area (Å²) in [5.74, 6) is -0.156. The van der Waals surface area contributed by atoms with Crippen LogP contribution in [0.4, 0.5) is 0 Å². The van der Waals surface area contributed by atoms with E-state index >= 15 is 0 Å². The number of imidazole rings is 1. The van der Waals surface area contributed by atoms with E-state index in [4.69, 9.17) is 4.74 Å². The van der Waals surface area contributed by atoms with Gasteiger partial charge in [-0.05, 0) is 25.5 Å². The number of morpholine rings is 1. The molecule has 8 nitrogen and oxygen atoms in total. The maximum atomic E-state index is 13.2. The fraction of sp³-hybridized carbons (Fsp3) is 0.556. The summed E-state index contributed by atoms with van der Waals surface area (Å²) >= 11 is 0. The SMILES string of the molecule is CCN1CC23CN(C(=O)c4nc5ccccn5c4C)C[C@@H](C[C@@H]2S1(=O)=O)O3. The number of hydrogen-bond donors (Lipinski definition) is 0. The van der Waals surface area contributed by atoms with E-state index in [-0.39, 0.29) is 18.6 Å². The van der Waals surface area contributed by atoms with Crippen LogP contribution in [0.3, 0.4) is 0 Å². The van der Waals surface area contributed by atoms with E-state index in [0.717, 1.165) is 11.3 Å². The molecule has 3 fully saturated rings. The first-order valence-electron chi connectivity index (χ1n) is 9.25. The number of amides is 1. The molecule has 3 aliphatic rings. The fourth-order valence-electron chi connectivity index (χ4n) is 4.86. The maximum absolute atomic E-state index is 13.2. The zero-order valence-electron chi connectivity index (χ0n) is 15.3. The van der Waals surface area contributed by atoms with Gasteiger partial charge in [0.05, 0.1) is 18.3 Å². The van der Waals surface area contributed by atoms with Gasteiger partial charge in [0.25, 0.3) is 5.91 Å². The van der Waals surface area contributed by atoms with Crippen LogP contribution in [0.5, 0.6) is 0 Å². The fourth-order valence-corrected chi connectivity index (χ4v) is 7.19. The third-order valence-electron chi connectivity index (χ3n) is 6.12. The van der Waals surface area contributed by atoms with E-state index in [1.54, 1.807) is 4.90 Å². The number of likely N-dealkylation sites (N-methyl/N-ethyl adjacent to an activating group) is 1. The highest BCUT2D eigenvalue weighted by Gasteiger charge is 2.65. The number of carbonyl (C=O) groups excluding carboxylic acids is 1. The van der Waals surface area contributed by atoms with Crippen molar-refractivity contribution in [3.63, 3.8) is 0 Å². The molecule has 3 aliphatic heterocycles. The number of aromatic nitrogens is 2. The van der Waals surface area contributed by atoms with E-state index < -0.39 is 20.9 Å². The summed E-state index contributed by atoms with van der Waals surface area (Å²) < 4.78 is 35.1. The Hall–Kier alpha value is -1.97. The lowest BCUT2D eigenvalue weighted by atomic mass is 9.99. The normalized spacial score (nSPS) is 32.1. The average Bonchev–Trinajstić information content (AvgIpc) is 3.19. The zero-order chi connectivity index (χ0) is 19.0. The first-order chi connectivity index (χ1) is 12.9. The summed E-state index contributed by atoms with van der Waals surface area (Å²) in [6, 6.07) is 5.65. The molecule has 3 saturated heterocycles. The van der Waals surface area contributed by atoms with E-state index in [2.05, 4.69) is 4.98 Å². The number of rotatable bonds is 2. The van der Waals surface area contributed by atoms with Crippen molar-refractivity contribution in [2.75, 3.05) is 26.2 Å². The standard InChI is InChI=1S/C18H22N4O4S/c1-3-21-11-18-10-20(9-13(26-18)8-14(18)27(21,24)25)17(23)16-12(2)22-7-5-4-6-15(22)19-16/h4-7,13-14H,3,8-11H2,1-2H3/t13-,14+,18?/m1/s1. The number of likely N-dealkylation sites (tertiary alicyclic amines) is 1. The van der Waals surface area contributed by atoms with Gasteiger partial charge in [-0.25, -0.2) is 13.4 Å². The predicted octanol–water partition coefficient (Wildman–Crippen LogP) is 0.660. The Morgan fingerprint density at radius 1 is 1.37 bits per heavy atom. The van der Waals surface area contributed by atoms with E-state index in [9.17, 15) is 13.2 Å². The van der Waals surface area contributed by atoms with Crippen LogP contribution >= 0.6 is 0 Å². The highest BCUT2D eigenvalue weighted by atomic mass is 32.2. The van der Waals surface area contributed by atoms with Crippen LogP contribution < -0.4 is 0 Å². The van der Waals surface area contributed by atoms with Crippen molar-refractivity contribution < 1.29 is 17.9 Å². The van der Waals surface area contributed by atoms with Crippen LogP contribution in [0, 0.1) is 6.92 Å². The molecular weight excluding hydrogens is 368 g/mol. The summed E-state index contributed by atoms with van der Waals surface area (Å²) in [5.41, 5.74) is 1.12. The van der Waals surface area contributed by atoms with Crippen molar-refractivity contribution in [1.29, 1.82) is 0 Å². The lowest BCUT2D eigenvalue weighted by Crippen LogP contribution is -2.56. The lowest BCUT2D eigenvalue weighted by molar-refractivity contribution is -0.0975. The van der Waals surface area contributed by atoms with Crippen molar-refractivity contribution in [3.8, 4) is 0 Å². The Bertz CT molecular complexity index is 1050. The van der Waals surface area contributed by atoms with E-state index in [1.807, 2.05) is 42.6 Å². The summed E-state index contributed by atoms with van der Waals surface area (Å²) in [6.07, 6.45) is 2.10. The molecule has 0 aromatic carbocycles. The van der Waals surface area contributed by atoms with Crippen LogP contribution in [0.2, 0.25) is 0 Å². The average molecular weight is 390 g/mol. The maximum Gasteiger partial charge on any atom is 0.274 e. The van der Waals surface area contributed by atoms with Gasteiger partial charge >= 0.3 is 0 Å². The molecule has 2 aromatic rings. The van der Waals surface area contributed by atoms with Gasteiger partial charge < -0.3 is 14.0 Å². The third-order valence-corrected chi connectivity index (χ3v) is 8.57. The molecule has 1 unspecified atom stereocenters. The van der Waals surface area contributed by atoms with Crippen molar-refractivity contribution >= 4 is 21.6 Å². The number of fused-ring (bicyclic) bond motifs is 2. The third kappa shape index (κ3) is 2.25. The number of ether oxygens (including phenoxy) is 1. The van der Waals surface area contributed by atoms with Crippen LogP contribution in [0.1, 0.15) is 29.5 Å². The first-order valence-corrected chi connectivity index (χ1v) is 10.8. The van der Waals surface area contributed by atoms with Crippen LogP contribution in [-0.4, -0.2) is 76.0 Å². The largest absolute Gasteiger partial charge is 0.365 e. The Labute approximate surface area is 157 Å². The monoisotopic (exact) mass is 390 g/mol. The van der Waals surface area contributed by atoms with Crippen molar-refractivity contribution in [2.45, 2.75) is 37.2 Å². The highest BCUT2D eigenvalue weighted by molar-refractivity contribution is 7.90. The molecule has 27 heavy (non-hydrogen) atoms. The van der Waals surface area contributed by atoms with Crippen LogP contribution in [0.25, 0.3) is 5.65 Å². The molecule has 0 radical (unpaired) electrons. The highest BCUT2D eigenvalue weighted by Crippen LogP contribution is 2.46. The van der Waals surface area contributed by atoms with Crippen LogP contribution in [-0.2, 0) is 14.8 Å². The molecule has 0 N–H and O–H groups in total. The number of sulfonamides is 1. The van der Waals surface area contributed by atoms with Crippen molar-refractivity contribution in [2.24, 2.45) is 0 Å². The van der Waals surface area contributed by atoms with Gasteiger partial charge in [-0.3, -0.25) is 4.79 Å². The number of aryl methyl sites for hydroxylation is 1. The summed E-state index contributed by atoms with van der Waals surface area (Å²) in [6.45, 7) is 5.15. The Balaban J connectivity index is 1.49. The molecule has 9 heteroatoms. The minimum Gasteiger partial charge on any atom is -0.365 e. The molecule has 2 bridgehead atoms. The lowest BCUT2D eigenvalue weighted by Gasteiger charge is -2.39. The smallest absolute Gasteiger partial charge is 0.274 e. The quantitative estimate of drug-likeness (QED) is 0.752. The van der Waals surface area contributed by atoms with Gasteiger partial charge in [0.2, 0.25) is 10.0 Å². The van der Waals surface area contributed by atoms with Crippen molar-refractivity contribution in [1.82, 2.24) is 18.6 Å². The Morgan fingerprint density at radius 2 is 2.19 bits per heavy atom.